The van der Waals surface area contributed by atoms with Gasteiger partial charge in [0.1, 0.15) is 0 Å². The molecule has 1 aromatic carbocycles. The molecule has 0 spiro atoms. The van der Waals surface area contributed by atoms with Gasteiger partial charge in [-0.15, -0.1) is 11.3 Å². The highest BCUT2D eigenvalue weighted by molar-refractivity contribution is 7.15. The molecule has 1 amide bonds. The van der Waals surface area contributed by atoms with Gasteiger partial charge in [0.25, 0.3) is 11.6 Å². The lowest BCUT2D eigenvalue weighted by molar-refractivity contribution is -0.137. The fraction of sp³-hybridized carbons (Fsp3) is 0.292. The van der Waals surface area contributed by atoms with Gasteiger partial charge in [-0.1, -0.05) is 11.2 Å². The van der Waals surface area contributed by atoms with Crippen molar-refractivity contribution in [3.05, 3.63) is 64.2 Å². The van der Waals surface area contributed by atoms with Crippen LogP contribution in [0.2, 0.25) is 0 Å². The zero-order valence-electron chi connectivity index (χ0n) is 18.5. The van der Waals surface area contributed by atoms with Crippen molar-refractivity contribution in [2.45, 2.75) is 20.0 Å². The predicted molar refractivity (Wildman–Crippen MR) is 124 cm³/mol. The SMILES string of the molecule is Cc1ccc(-c2cc(C(=O)N3CCN(c4cccc(C(F)(F)F)c4)CC3)c3c(C)noc3n2)s1. The molecule has 176 valence electrons. The van der Waals surface area contributed by atoms with Gasteiger partial charge in [0.05, 0.1) is 32.8 Å². The molecular weight excluding hydrogens is 465 g/mol. The van der Waals surface area contributed by atoms with Crippen LogP contribution >= 0.6 is 11.3 Å². The Labute approximate surface area is 197 Å². The first-order chi connectivity index (χ1) is 16.2. The average Bonchev–Trinajstić information content (AvgIpc) is 3.43. The fourth-order valence-electron chi connectivity index (χ4n) is 4.18. The Kier molecular flexibility index (Phi) is 5.55. The number of carbonyl (C=O) groups is 1. The van der Waals surface area contributed by atoms with E-state index >= 15 is 0 Å². The summed E-state index contributed by atoms with van der Waals surface area (Å²) < 4.78 is 44.7. The van der Waals surface area contributed by atoms with Gasteiger partial charge >= 0.3 is 6.18 Å². The quantitative estimate of drug-likeness (QED) is 0.380. The zero-order valence-corrected chi connectivity index (χ0v) is 19.3. The van der Waals surface area contributed by atoms with Crippen LogP contribution in [0.5, 0.6) is 0 Å². The number of pyridine rings is 1. The molecular formula is C24H21F3N4O2S. The van der Waals surface area contributed by atoms with E-state index in [1.807, 2.05) is 24.0 Å². The minimum atomic E-state index is -4.39. The van der Waals surface area contributed by atoms with Gasteiger partial charge in [0, 0.05) is 36.7 Å². The number of rotatable bonds is 3. The molecule has 10 heteroatoms. The fourth-order valence-corrected chi connectivity index (χ4v) is 5.01. The topological polar surface area (TPSA) is 62.5 Å². The maximum absolute atomic E-state index is 13.5. The van der Waals surface area contributed by atoms with Crippen molar-refractivity contribution >= 4 is 34.0 Å². The van der Waals surface area contributed by atoms with Crippen molar-refractivity contribution in [1.29, 1.82) is 0 Å². The second-order valence-electron chi connectivity index (χ2n) is 8.24. The highest BCUT2D eigenvalue weighted by Crippen LogP contribution is 2.33. The number of anilines is 1. The number of hydrogen-bond acceptors (Lipinski definition) is 6. The Balaban J connectivity index is 1.40. The lowest BCUT2D eigenvalue weighted by atomic mass is 10.1. The normalized spacial score (nSPS) is 14.7. The number of amides is 1. The van der Waals surface area contributed by atoms with Crippen molar-refractivity contribution in [2.24, 2.45) is 0 Å². The molecule has 0 aliphatic carbocycles. The highest BCUT2D eigenvalue weighted by atomic mass is 32.1. The minimum Gasteiger partial charge on any atom is -0.368 e. The third-order valence-electron chi connectivity index (χ3n) is 5.95. The molecule has 0 unspecified atom stereocenters. The van der Waals surface area contributed by atoms with Crippen LogP contribution in [0, 0.1) is 13.8 Å². The van der Waals surface area contributed by atoms with Gasteiger partial charge in [-0.2, -0.15) is 13.2 Å². The number of nitrogens with zero attached hydrogens (tertiary/aromatic N) is 4. The monoisotopic (exact) mass is 486 g/mol. The van der Waals surface area contributed by atoms with Gasteiger partial charge in [-0.3, -0.25) is 4.79 Å². The number of carbonyl (C=O) groups excluding carboxylic acids is 1. The number of alkyl halides is 3. The van der Waals surface area contributed by atoms with Crippen LogP contribution in [-0.4, -0.2) is 47.1 Å². The van der Waals surface area contributed by atoms with Gasteiger partial charge in [0.2, 0.25) is 0 Å². The summed E-state index contributed by atoms with van der Waals surface area (Å²) in [5.41, 5.74) is 1.83. The summed E-state index contributed by atoms with van der Waals surface area (Å²) in [5, 5.41) is 4.58. The molecule has 0 radical (unpaired) electrons. The molecule has 0 atom stereocenters. The van der Waals surface area contributed by atoms with Crippen LogP contribution in [0.25, 0.3) is 21.7 Å². The summed E-state index contributed by atoms with van der Waals surface area (Å²) >= 11 is 1.58. The van der Waals surface area contributed by atoms with E-state index in [4.69, 9.17) is 4.52 Å². The molecule has 34 heavy (non-hydrogen) atoms. The predicted octanol–water partition coefficient (Wildman–Crippen LogP) is 5.55. The van der Waals surface area contributed by atoms with E-state index < -0.39 is 11.7 Å². The maximum Gasteiger partial charge on any atom is 0.416 e. The Hall–Kier alpha value is -3.40. The summed E-state index contributed by atoms with van der Waals surface area (Å²) in [6.07, 6.45) is -4.39. The van der Waals surface area contributed by atoms with E-state index in [1.165, 1.54) is 6.07 Å². The standard InChI is InChI=1S/C24H21F3N4O2S/c1-14-6-7-20(34-14)19-13-18(21-15(2)29-33-22(21)28-19)23(32)31-10-8-30(9-11-31)17-5-3-4-16(12-17)24(25,26)27/h3-7,12-13H,8-11H2,1-2H3. The number of aromatic nitrogens is 2. The van der Waals surface area contributed by atoms with Crippen molar-refractivity contribution in [3.8, 4) is 10.6 Å². The summed E-state index contributed by atoms with van der Waals surface area (Å²) in [7, 11) is 0. The average molecular weight is 487 g/mol. The lowest BCUT2D eigenvalue weighted by Gasteiger charge is -2.36. The first kappa shape index (κ1) is 22.4. The highest BCUT2D eigenvalue weighted by Gasteiger charge is 2.32. The van der Waals surface area contributed by atoms with Gasteiger partial charge in [0.15, 0.2) is 0 Å². The van der Waals surface area contributed by atoms with E-state index in [2.05, 4.69) is 10.1 Å². The van der Waals surface area contributed by atoms with Crippen LogP contribution in [0.4, 0.5) is 18.9 Å². The number of aryl methyl sites for hydroxylation is 2. The lowest BCUT2D eigenvalue weighted by Crippen LogP contribution is -2.48. The second-order valence-corrected chi connectivity index (χ2v) is 9.53. The molecule has 1 aliphatic heterocycles. The summed E-state index contributed by atoms with van der Waals surface area (Å²) in [5.74, 6) is -0.170. The van der Waals surface area contributed by atoms with Crippen molar-refractivity contribution in [2.75, 3.05) is 31.1 Å². The molecule has 5 rings (SSSR count). The molecule has 4 aromatic rings. The Bertz CT molecular complexity index is 1370. The molecule has 1 saturated heterocycles. The molecule has 1 fully saturated rings. The number of piperazine rings is 1. The number of thiophene rings is 1. The van der Waals surface area contributed by atoms with E-state index in [0.29, 0.717) is 59.9 Å². The number of hydrogen-bond donors (Lipinski definition) is 0. The van der Waals surface area contributed by atoms with Gasteiger partial charge < -0.3 is 14.3 Å². The summed E-state index contributed by atoms with van der Waals surface area (Å²) in [6, 6.07) is 11.0. The van der Waals surface area contributed by atoms with Gasteiger partial charge in [-0.25, -0.2) is 4.98 Å². The first-order valence-corrected chi connectivity index (χ1v) is 11.6. The van der Waals surface area contributed by atoms with E-state index in [9.17, 15) is 18.0 Å². The first-order valence-electron chi connectivity index (χ1n) is 10.8. The largest absolute Gasteiger partial charge is 0.416 e. The van der Waals surface area contributed by atoms with E-state index in [1.54, 1.807) is 35.3 Å². The van der Waals surface area contributed by atoms with E-state index in [-0.39, 0.29) is 5.91 Å². The summed E-state index contributed by atoms with van der Waals surface area (Å²) in [6.45, 7) is 5.40. The molecule has 6 nitrogen and oxygen atoms in total. The van der Waals surface area contributed by atoms with E-state index in [0.717, 1.165) is 21.9 Å². The van der Waals surface area contributed by atoms with Crippen LogP contribution in [0.15, 0.2) is 47.0 Å². The molecule has 3 aromatic heterocycles. The zero-order chi connectivity index (χ0) is 24.0. The Morgan fingerprint density at radius 2 is 1.82 bits per heavy atom. The minimum absolute atomic E-state index is 0.170. The van der Waals surface area contributed by atoms with Crippen molar-refractivity contribution < 1.29 is 22.5 Å². The molecule has 4 heterocycles. The van der Waals surface area contributed by atoms with Crippen LogP contribution in [0.3, 0.4) is 0 Å². The molecule has 1 aliphatic rings. The number of halogens is 3. The Morgan fingerprint density at radius 1 is 1.06 bits per heavy atom. The van der Waals surface area contributed by atoms with Crippen LogP contribution in [-0.2, 0) is 6.18 Å². The van der Waals surface area contributed by atoms with Gasteiger partial charge in [-0.05, 0) is 50.2 Å². The molecule has 0 saturated carbocycles. The third kappa shape index (κ3) is 4.13. The molecule has 0 N–H and O–H groups in total. The second kappa shape index (κ2) is 8.43. The summed E-state index contributed by atoms with van der Waals surface area (Å²) in [4.78, 5) is 23.7. The molecule has 0 bridgehead atoms. The van der Waals surface area contributed by atoms with Crippen LogP contribution < -0.4 is 4.90 Å². The Morgan fingerprint density at radius 3 is 2.50 bits per heavy atom. The third-order valence-corrected chi connectivity index (χ3v) is 6.97. The number of benzene rings is 1. The maximum atomic E-state index is 13.5. The van der Waals surface area contributed by atoms with Crippen molar-refractivity contribution in [3.63, 3.8) is 0 Å². The number of fused-ring (bicyclic) bond motifs is 1. The smallest absolute Gasteiger partial charge is 0.368 e. The van der Waals surface area contributed by atoms with Crippen molar-refractivity contribution in [1.82, 2.24) is 15.0 Å². The van der Waals surface area contributed by atoms with Crippen LogP contribution in [0.1, 0.15) is 26.5 Å².